The summed E-state index contributed by atoms with van der Waals surface area (Å²) in [5, 5.41) is 30.6. The minimum atomic E-state index is -1.58. The summed E-state index contributed by atoms with van der Waals surface area (Å²) in [6.45, 7) is 3.10. The van der Waals surface area contributed by atoms with E-state index >= 15 is 4.39 Å². The highest BCUT2D eigenvalue weighted by Gasteiger charge is 2.66. The molecule has 5 nitrogen and oxygen atoms in total. The van der Waals surface area contributed by atoms with Crippen molar-refractivity contribution in [2.45, 2.75) is 57.7 Å². The first kappa shape index (κ1) is 19.0. The standard InChI is InChI=1S/C21H27FO5/c1-19-9-17(25)16(24)8-14(19)15(22)7-11-12(19)3-5-20(2)13(11)4-6-21(20,27)18(26)10-23/h7-8,11-13,17,23,25,27H,3-6,9-10H2,1-2H3/t11-,12+,13+,17?,19-,20+,21+/m1/s1. The summed E-state index contributed by atoms with van der Waals surface area (Å²) in [6, 6.07) is 0. The number of aliphatic hydroxyl groups is 3. The molecular formula is C21H27FO5. The van der Waals surface area contributed by atoms with Gasteiger partial charge in [-0.05, 0) is 67.6 Å². The van der Waals surface area contributed by atoms with E-state index in [1.165, 1.54) is 6.08 Å². The molecular weight excluding hydrogens is 351 g/mol. The Balaban J connectivity index is 1.78. The Morgan fingerprint density at radius 3 is 2.59 bits per heavy atom. The summed E-state index contributed by atoms with van der Waals surface area (Å²) in [6.07, 6.45) is 4.01. The number of rotatable bonds is 2. The van der Waals surface area contributed by atoms with Crippen LogP contribution in [0.3, 0.4) is 0 Å². The van der Waals surface area contributed by atoms with Crippen LogP contribution < -0.4 is 0 Å². The van der Waals surface area contributed by atoms with Crippen LogP contribution in [0.15, 0.2) is 23.6 Å². The zero-order valence-corrected chi connectivity index (χ0v) is 15.7. The average Bonchev–Trinajstić information content (AvgIpc) is 2.89. The van der Waals surface area contributed by atoms with Crippen molar-refractivity contribution < 1.29 is 29.3 Å². The minimum Gasteiger partial charge on any atom is -0.388 e. The number of carbonyl (C=O) groups excluding carboxylic acids is 2. The third-order valence-corrected chi connectivity index (χ3v) is 8.35. The van der Waals surface area contributed by atoms with Gasteiger partial charge in [0.1, 0.15) is 24.1 Å². The van der Waals surface area contributed by atoms with Gasteiger partial charge in [0.25, 0.3) is 0 Å². The van der Waals surface area contributed by atoms with Gasteiger partial charge in [-0.2, -0.15) is 0 Å². The average molecular weight is 378 g/mol. The molecule has 0 aromatic carbocycles. The van der Waals surface area contributed by atoms with Gasteiger partial charge in [0.05, 0.1) is 0 Å². The van der Waals surface area contributed by atoms with Crippen LogP contribution in [0.2, 0.25) is 0 Å². The molecule has 0 spiro atoms. The maximum atomic E-state index is 15.0. The molecule has 148 valence electrons. The van der Waals surface area contributed by atoms with E-state index in [2.05, 4.69) is 0 Å². The maximum Gasteiger partial charge on any atom is 0.190 e. The number of ketones is 2. The van der Waals surface area contributed by atoms with Crippen LogP contribution in [0.5, 0.6) is 0 Å². The number of carbonyl (C=O) groups is 2. The topological polar surface area (TPSA) is 94.8 Å². The number of Topliss-reactive ketones (excluding diaryl/α,β-unsaturated/α-hetero) is 1. The lowest BCUT2D eigenvalue weighted by Gasteiger charge is -2.57. The monoisotopic (exact) mass is 378 g/mol. The molecule has 1 unspecified atom stereocenters. The molecule has 3 N–H and O–H groups in total. The molecule has 0 aromatic heterocycles. The second-order valence-corrected chi connectivity index (χ2v) is 9.34. The molecule has 0 saturated heterocycles. The summed E-state index contributed by atoms with van der Waals surface area (Å²) in [4.78, 5) is 24.2. The lowest BCUT2D eigenvalue weighted by atomic mass is 9.47. The number of aliphatic hydroxyl groups excluding tert-OH is 2. The molecule has 2 fully saturated rings. The fraction of sp³-hybridized carbons (Fsp3) is 0.714. The minimum absolute atomic E-state index is 0.0376. The van der Waals surface area contributed by atoms with E-state index in [9.17, 15) is 24.9 Å². The predicted octanol–water partition coefficient (Wildman–Crippen LogP) is 1.85. The fourth-order valence-corrected chi connectivity index (χ4v) is 6.74. The first-order valence-electron chi connectivity index (χ1n) is 9.77. The number of halogens is 1. The summed E-state index contributed by atoms with van der Waals surface area (Å²) >= 11 is 0. The Bertz CT molecular complexity index is 773. The van der Waals surface area contributed by atoms with Crippen LogP contribution in [0.25, 0.3) is 0 Å². The highest BCUT2D eigenvalue weighted by molar-refractivity contribution is 5.96. The predicted molar refractivity (Wildman–Crippen MR) is 95.1 cm³/mol. The van der Waals surface area contributed by atoms with Crippen LogP contribution in [0.4, 0.5) is 4.39 Å². The SMILES string of the molecule is C[C@]12CC(O)C(=O)C=C1C(F)=C[C@@H]1[C@@H]2CC[C@@]2(C)[C@H]1CC[C@]2(O)C(=O)CO. The second-order valence-electron chi connectivity index (χ2n) is 9.34. The Morgan fingerprint density at radius 2 is 1.93 bits per heavy atom. The molecule has 0 amide bonds. The molecule has 2 saturated carbocycles. The van der Waals surface area contributed by atoms with Crippen molar-refractivity contribution in [2.75, 3.05) is 6.61 Å². The molecule has 0 bridgehead atoms. The highest BCUT2D eigenvalue weighted by atomic mass is 19.1. The molecule has 4 aliphatic carbocycles. The first-order valence-corrected chi connectivity index (χ1v) is 9.77. The van der Waals surface area contributed by atoms with Crippen molar-refractivity contribution in [1.29, 1.82) is 0 Å². The van der Waals surface area contributed by atoms with Crippen LogP contribution in [-0.2, 0) is 9.59 Å². The van der Waals surface area contributed by atoms with Gasteiger partial charge in [-0.3, -0.25) is 9.59 Å². The molecule has 4 aliphatic rings. The fourth-order valence-electron chi connectivity index (χ4n) is 6.74. The molecule has 0 heterocycles. The van der Waals surface area contributed by atoms with E-state index in [0.717, 1.165) is 0 Å². The van der Waals surface area contributed by atoms with Gasteiger partial charge >= 0.3 is 0 Å². The van der Waals surface area contributed by atoms with Crippen LogP contribution in [-0.4, -0.2) is 45.2 Å². The van der Waals surface area contributed by atoms with Gasteiger partial charge in [0.15, 0.2) is 11.6 Å². The van der Waals surface area contributed by atoms with Crippen molar-refractivity contribution in [3.8, 4) is 0 Å². The third-order valence-electron chi connectivity index (χ3n) is 8.35. The third kappa shape index (κ3) is 2.26. The number of fused-ring (bicyclic) bond motifs is 5. The molecule has 7 atom stereocenters. The molecule has 27 heavy (non-hydrogen) atoms. The van der Waals surface area contributed by atoms with Gasteiger partial charge in [-0.1, -0.05) is 13.8 Å². The molecule has 0 radical (unpaired) electrons. The van der Waals surface area contributed by atoms with E-state index in [-0.39, 0.29) is 30.6 Å². The van der Waals surface area contributed by atoms with Crippen molar-refractivity contribution in [2.24, 2.45) is 28.6 Å². The molecule has 4 rings (SSSR count). The van der Waals surface area contributed by atoms with E-state index < -0.39 is 46.5 Å². The largest absolute Gasteiger partial charge is 0.388 e. The van der Waals surface area contributed by atoms with Crippen molar-refractivity contribution >= 4 is 11.6 Å². The summed E-state index contributed by atoms with van der Waals surface area (Å²) in [5.41, 5.74) is -2.56. The van der Waals surface area contributed by atoms with Crippen molar-refractivity contribution in [3.63, 3.8) is 0 Å². The number of allylic oxidation sites excluding steroid dienone is 3. The van der Waals surface area contributed by atoms with E-state index in [1.807, 2.05) is 13.8 Å². The molecule has 0 aromatic rings. The van der Waals surface area contributed by atoms with Gasteiger partial charge in [-0.15, -0.1) is 0 Å². The summed E-state index contributed by atoms with van der Waals surface area (Å²) < 4.78 is 15.0. The van der Waals surface area contributed by atoms with Gasteiger partial charge in [0.2, 0.25) is 0 Å². The lowest BCUT2D eigenvalue weighted by Crippen LogP contribution is -2.58. The zero-order valence-electron chi connectivity index (χ0n) is 15.7. The highest BCUT2D eigenvalue weighted by Crippen LogP contribution is 2.67. The van der Waals surface area contributed by atoms with Crippen LogP contribution >= 0.6 is 0 Å². The van der Waals surface area contributed by atoms with E-state index in [4.69, 9.17) is 0 Å². The Hall–Kier alpha value is -1.37. The van der Waals surface area contributed by atoms with Crippen LogP contribution in [0.1, 0.15) is 46.0 Å². The Kier molecular flexibility index (Phi) is 4.09. The number of hydrogen-bond acceptors (Lipinski definition) is 5. The first-order chi connectivity index (χ1) is 12.6. The smallest absolute Gasteiger partial charge is 0.190 e. The van der Waals surface area contributed by atoms with Crippen LogP contribution in [0, 0.1) is 28.6 Å². The quantitative estimate of drug-likeness (QED) is 0.682. The van der Waals surface area contributed by atoms with Gasteiger partial charge in [0, 0.05) is 10.8 Å². The van der Waals surface area contributed by atoms with Crippen molar-refractivity contribution in [3.05, 3.63) is 23.6 Å². The van der Waals surface area contributed by atoms with E-state index in [1.54, 1.807) is 6.08 Å². The summed E-state index contributed by atoms with van der Waals surface area (Å²) in [7, 11) is 0. The Labute approximate surface area is 158 Å². The zero-order chi connectivity index (χ0) is 19.8. The van der Waals surface area contributed by atoms with Gasteiger partial charge in [-0.25, -0.2) is 4.39 Å². The normalized spacial score (nSPS) is 48.9. The lowest BCUT2D eigenvalue weighted by molar-refractivity contribution is -0.162. The summed E-state index contributed by atoms with van der Waals surface area (Å²) in [5.74, 6) is -1.66. The van der Waals surface area contributed by atoms with Crippen molar-refractivity contribution in [1.82, 2.24) is 0 Å². The maximum absolute atomic E-state index is 15.0. The van der Waals surface area contributed by atoms with Gasteiger partial charge < -0.3 is 15.3 Å². The van der Waals surface area contributed by atoms with E-state index in [0.29, 0.717) is 24.8 Å². The second kappa shape index (κ2) is 5.82. The molecule has 0 aliphatic heterocycles. The molecule has 6 heteroatoms. The Morgan fingerprint density at radius 1 is 1.26 bits per heavy atom. The number of hydrogen-bond donors (Lipinski definition) is 3.